The fourth-order valence-electron chi connectivity index (χ4n) is 3.69. The van der Waals surface area contributed by atoms with Gasteiger partial charge in [0.05, 0.1) is 18.9 Å². The minimum atomic E-state index is -3.81. The zero-order valence-electron chi connectivity index (χ0n) is 18.1. The van der Waals surface area contributed by atoms with Crippen LogP contribution < -0.4 is 14.8 Å². The minimum absolute atomic E-state index is 0.203. The quantitative estimate of drug-likeness (QED) is 0.656. The Hall–Kier alpha value is -2.98. The van der Waals surface area contributed by atoms with Crippen molar-refractivity contribution in [3.8, 4) is 5.75 Å². The molecule has 32 heavy (non-hydrogen) atoms. The van der Waals surface area contributed by atoms with Gasteiger partial charge in [-0.05, 0) is 55.7 Å². The fourth-order valence-corrected chi connectivity index (χ4v) is 4.64. The highest BCUT2D eigenvalue weighted by Crippen LogP contribution is 2.28. The summed E-state index contributed by atoms with van der Waals surface area (Å²) in [5, 5.41) is 2.67. The molecule has 0 saturated carbocycles. The molecule has 0 aliphatic carbocycles. The number of methoxy groups -OCH3 is 1. The number of benzene rings is 2. The first kappa shape index (κ1) is 23.7. The first-order chi connectivity index (χ1) is 15.0. The number of hydrogen-bond acceptors (Lipinski definition) is 5. The fraction of sp³-hybridized carbons (Fsp3) is 0.364. The molecule has 2 amide bonds. The van der Waals surface area contributed by atoms with E-state index >= 15 is 0 Å². The third-order valence-corrected chi connectivity index (χ3v) is 6.13. The number of sulfonamides is 1. The highest BCUT2D eigenvalue weighted by atomic mass is 32.2. The van der Waals surface area contributed by atoms with Crippen LogP contribution in [0.25, 0.3) is 0 Å². The second-order valence-electron chi connectivity index (χ2n) is 7.87. The van der Waals surface area contributed by atoms with Crippen molar-refractivity contribution in [3.63, 3.8) is 0 Å². The lowest BCUT2D eigenvalue weighted by Gasteiger charge is -2.29. The second kappa shape index (κ2) is 9.25. The predicted molar refractivity (Wildman–Crippen MR) is 118 cm³/mol. The van der Waals surface area contributed by atoms with Crippen LogP contribution in [0.15, 0.2) is 42.5 Å². The Balaban J connectivity index is 1.94. The molecule has 2 aromatic rings. The molecule has 1 atom stereocenters. The number of rotatable bonds is 7. The Labute approximate surface area is 186 Å². The Morgan fingerprint density at radius 1 is 1.09 bits per heavy atom. The van der Waals surface area contributed by atoms with Crippen LogP contribution in [0.3, 0.4) is 0 Å². The van der Waals surface area contributed by atoms with Gasteiger partial charge in [0.25, 0.3) is 5.91 Å². The Morgan fingerprint density at radius 2 is 1.72 bits per heavy atom. The number of anilines is 1. The number of halogens is 1. The van der Waals surface area contributed by atoms with E-state index in [0.29, 0.717) is 30.1 Å². The summed E-state index contributed by atoms with van der Waals surface area (Å²) in [5.74, 6) is -1.04. The Kier molecular flexibility index (Phi) is 6.85. The summed E-state index contributed by atoms with van der Waals surface area (Å²) >= 11 is 0. The molecule has 1 aliphatic heterocycles. The number of likely N-dealkylation sites (tertiary alicyclic amines) is 1. The normalized spacial score (nSPS) is 15.8. The lowest BCUT2D eigenvalue weighted by atomic mass is 9.92. The van der Waals surface area contributed by atoms with Gasteiger partial charge in [-0.3, -0.25) is 9.59 Å². The summed E-state index contributed by atoms with van der Waals surface area (Å²) < 4.78 is 45.0. The summed E-state index contributed by atoms with van der Waals surface area (Å²) in [4.78, 5) is 27.9. The first-order valence-corrected chi connectivity index (χ1v) is 12.0. The molecule has 0 spiro atoms. The van der Waals surface area contributed by atoms with Crippen molar-refractivity contribution >= 4 is 27.5 Å². The van der Waals surface area contributed by atoms with E-state index in [-0.39, 0.29) is 11.5 Å². The Morgan fingerprint density at radius 3 is 2.28 bits per heavy atom. The molecule has 0 radical (unpaired) electrons. The van der Waals surface area contributed by atoms with Crippen molar-refractivity contribution in [1.82, 2.24) is 9.62 Å². The monoisotopic (exact) mass is 463 g/mol. The van der Waals surface area contributed by atoms with Crippen LogP contribution in [0.1, 0.15) is 35.7 Å². The van der Waals surface area contributed by atoms with Gasteiger partial charge in [0, 0.05) is 18.8 Å². The molecule has 2 N–H and O–H groups in total. The van der Waals surface area contributed by atoms with Crippen molar-refractivity contribution in [1.29, 1.82) is 0 Å². The van der Waals surface area contributed by atoms with E-state index < -0.39 is 27.3 Å². The molecule has 1 saturated heterocycles. The van der Waals surface area contributed by atoms with Crippen LogP contribution in [0, 0.1) is 5.82 Å². The van der Waals surface area contributed by atoms with Crippen LogP contribution in [-0.4, -0.2) is 51.6 Å². The van der Waals surface area contributed by atoms with E-state index in [1.54, 1.807) is 17.0 Å². The lowest BCUT2D eigenvalue weighted by Crippen LogP contribution is -2.51. The van der Waals surface area contributed by atoms with E-state index in [9.17, 15) is 22.4 Å². The van der Waals surface area contributed by atoms with Gasteiger partial charge < -0.3 is 15.0 Å². The van der Waals surface area contributed by atoms with Gasteiger partial charge in [-0.2, -0.15) is 4.72 Å². The van der Waals surface area contributed by atoms with E-state index in [0.717, 1.165) is 31.2 Å². The zero-order chi connectivity index (χ0) is 23.5. The number of carbonyl (C=O) groups is 2. The molecule has 172 valence electrons. The highest BCUT2D eigenvalue weighted by Gasteiger charge is 2.38. The van der Waals surface area contributed by atoms with Crippen molar-refractivity contribution in [2.24, 2.45) is 0 Å². The average molecular weight is 464 g/mol. The number of hydrogen-bond donors (Lipinski definition) is 2. The van der Waals surface area contributed by atoms with Crippen LogP contribution >= 0.6 is 0 Å². The third kappa shape index (κ3) is 5.25. The molecule has 10 heteroatoms. The average Bonchev–Trinajstić information content (AvgIpc) is 3.27. The van der Waals surface area contributed by atoms with E-state index in [1.165, 1.54) is 32.2 Å². The number of nitrogens with one attached hydrogen (secondary N) is 2. The molecular weight excluding hydrogens is 437 g/mol. The largest absolute Gasteiger partial charge is 0.496 e. The third-order valence-electron chi connectivity index (χ3n) is 5.35. The van der Waals surface area contributed by atoms with Crippen LogP contribution in [0.5, 0.6) is 5.75 Å². The summed E-state index contributed by atoms with van der Waals surface area (Å²) in [7, 11) is -2.35. The van der Waals surface area contributed by atoms with Gasteiger partial charge in [0.1, 0.15) is 17.1 Å². The molecule has 1 aliphatic rings. The van der Waals surface area contributed by atoms with Gasteiger partial charge >= 0.3 is 0 Å². The summed E-state index contributed by atoms with van der Waals surface area (Å²) in [6, 6.07) is 9.59. The van der Waals surface area contributed by atoms with Crippen molar-refractivity contribution in [2.75, 3.05) is 31.8 Å². The molecule has 1 heterocycles. The molecule has 0 aromatic heterocycles. The van der Waals surface area contributed by atoms with E-state index in [2.05, 4.69) is 10.0 Å². The topological polar surface area (TPSA) is 105 Å². The zero-order valence-corrected chi connectivity index (χ0v) is 19.0. The summed E-state index contributed by atoms with van der Waals surface area (Å²) in [5.41, 5.74) is -0.877. The molecular formula is C22H26FN3O5S. The smallest absolute Gasteiger partial charge is 0.257 e. The van der Waals surface area contributed by atoms with E-state index in [4.69, 9.17) is 4.74 Å². The molecule has 2 aromatic carbocycles. The first-order valence-electron chi connectivity index (χ1n) is 10.1. The number of ether oxygens (including phenoxy) is 1. The molecule has 0 bridgehead atoms. The maximum Gasteiger partial charge on any atom is 0.257 e. The number of carbonyl (C=O) groups excluding carboxylic acids is 2. The molecule has 1 fully saturated rings. The summed E-state index contributed by atoms with van der Waals surface area (Å²) in [6.45, 7) is 2.69. The number of nitrogens with zero attached hydrogens (tertiary/aromatic N) is 1. The molecule has 0 unspecified atom stereocenters. The van der Waals surface area contributed by atoms with Crippen molar-refractivity contribution in [3.05, 3.63) is 59.4 Å². The summed E-state index contributed by atoms with van der Waals surface area (Å²) in [6.07, 6.45) is 2.79. The molecule has 8 nitrogen and oxygen atoms in total. The standard InChI is InChI=1S/C22H26FN3O5S/c1-22(25-32(3,29)30,15-6-8-16(23)9-7-15)21(28)24-17-10-11-19(31-2)18(14-17)20(27)26-12-4-5-13-26/h6-11,14,25H,4-5,12-13H2,1-3H3,(H,24,28)/t22-/m1/s1. The number of amides is 2. The van der Waals surface area contributed by atoms with Gasteiger partial charge in [-0.25, -0.2) is 12.8 Å². The molecule has 3 rings (SSSR count). The van der Waals surface area contributed by atoms with Gasteiger partial charge in [-0.15, -0.1) is 0 Å². The van der Waals surface area contributed by atoms with Crippen LogP contribution in [0.2, 0.25) is 0 Å². The van der Waals surface area contributed by atoms with Crippen molar-refractivity contribution < 1.29 is 27.1 Å². The highest BCUT2D eigenvalue weighted by molar-refractivity contribution is 7.88. The van der Waals surface area contributed by atoms with Crippen LogP contribution in [-0.2, 0) is 20.4 Å². The van der Waals surface area contributed by atoms with E-state index in [1.807, 2.05) is 0 Å². The SMILES string of the molecule is COc1ccc(NC(=O)[C@](C)(NS(C)(=O)=O)c2ccc(F)cc2)cc1C(=O)N1CCCC1. The van der Waals surface area contributed by atoms with Gasteiger partial charge in [-0.1, -0.05) is 12.1 Å². The predicted octanol–water partition coefficient (Wildman–Crippen LogP) is 2.47. The maximum absolute atomic E-state index is 13.4. The Bertz CT molecular complexity index is 1110. The lowest BCUT2D eigenvalue weighted by molar-refractivity contribution is -0.121. The van der Waals surface area contributed by atoms with Crippen LogP contribution in [0.4, 0.5) is 10.1 Å². The van der Waals surface area contributed by atoms with Gasteiger partial charge in [0.15, 0.2) is 0 Å². The maximum atomic E-state index is 13.4. The minimum Gasteiger partial charge on any atom is -0.496 e. The van der Waals surface area contributed by atoms with Crippen molar-refractivity contribution in [2.45, 2.75) is 25.3 Å². The second-order valence-corrected chi connectivity index (χ2v) is 9.62. The van der Waals surface area contributed by atoms with Gasteiger partial charge in [0.2, 0.25) is 15.9 Å².